The van der Waals surface area contributed by atoms with E-state index in [1.165, 1.54) is 18.0 Å². The van der Waals surface area contributed by atoms with Crippen LogP contribution >= 0.6 is 11.8 Å². The zero-order chi connectivity index (χ0) is 12.0. The molecule has 0 unspecified atom stereocenters. The first-order valence-electron chi connectivity index (χ1n) is 4.57. The Morgan fingerprint density at radius 2 is 2.00 bits per heavy atom. The van der Waals surface area contributed by atoms with Crippen molar-refractivity contribution in [3.63, 3.8) is 0 Å². The van der Waals surface area contributed by atoms with E-state index in [1.54, 1.807) is 30.5 Å². The highest BCUT2D eigenvalue weighted by atomic mass is 32.2. The maximum absolute atomic E-state index is 12.0. The Hall–Kier alpha value is -1.75. The van der Waals surface area contributed by atoms with Crippen molar-refractivity contribution in [3.05, 3.63) is 46.5 Å². The summed E-state index contributed by atoms with van der Waals surface area (Å²) in [5, 5.41) is 3.76. The van der Waals surface area contributed by atoms with Crippen LogP contribution in [-0.2, 0) is 0 Å². The van der Waals surface area contributed by atoms with Crippen LogP contribution < -0.4 is 11.6 Å². The van der Waals surface area contributed by atoms with Crippen LogP contribution in [0.15, 0.2) is 46.0 Å². The van der Waals surface area contributed by atoms with Crippen LogP contribution in [0.25, 0.3) is 0 Å². The Labute approximate surface area is 98.4 Å². The third-order valence-electron chi connectivity index (χ3n) is 1.97. The molecule has 0 radical (unpaired) electrons. The second-order valence-electron chi connectivity index (χ2n) is 2.96. The molecular weight excluding hydrogens is 222 g/mol. The molecule has 84 valence electrons. The lowest BCUT2D eigenvalue weighted by atomic mass is 10.1. The highest BCUT2D eigenvalue weighted by Gasteiger charge is 2.13. The zero-order valence-electron chi connectivity index (χ0n) is 8.88. The number of nitrogens with two attached hydrogens (primary N) is 2. The van der Waals surface area contributed by atoms with E-state index in [1.807, 2.05) is 6.07 Å². The minimum atomic E-state index is -0.179. The van der Waals surface area contributed by atoms with Gasteiger partial charge in [-0.15, -0.1) is 11.8 Å². The number of nitrogens with zero attached hydrogens (tertiary/aromatic N) is 1. The molecule has 0 aliphatic rings. The van der Waals surface area contributed by atoms with Gasteiger partial charge in [0.25, 0.3) is 0 Å². The minimum Gasteiger partial charge on any atom is -0.393 e. The summed E-state index contributed by atoms with van der Waals surface area (Å²) in [6.45, 7) is 0. The first-order valence-corrected chi connectivity index (χ1v) is 5.80. The monoisotopic (exact) mass is 235 g/mol. The summed E-state index contributed by atoms with van der Waals surface area (Å²) in [4.78, 5) is 12.0. The van der Waals surface area contributed by atoms with E-state index in [0.29, 0.717) is 16.2 Å². The predicted molar refractivity (Wildman–Crippen MR) is 68.2 cm³/mol. The molecule has 0 fully saturated rings. The Morgan fingerprint density at radius 1 is 1.38 bits per heavy atom. The maximum Gasteiger partial charge on any atom is 0.197 e. The van der Waals surface area contributed by atoms with Crippen molar-refractivity contribution >= 4 is 23.8 Å². The number of Topliss-reactive ketones (excluding diaryl/α,β-unsaturated/α-hetero) is 1. The topological polar surface area (TPSA) is 81.5 Å². The van der Waals surface area contributed by atoms with Crippen molar-refractivity contribution in [1.82, 2.24) is 0 Å². The summed E-state index contributed by atoms with van der Waals surface area (Å²) in [5.41, 5.74) is 6.60. The number of hydrazone groups is 1. The Kier molecular flexibility index (Phi) is 4.60. The number of hydrogen-bond acceptors (Lipinski definition) is 5. The van der Waals surface area contributed by atoms with Crippen molar-refractivity contribution in [1.29, 1.82) is 0 Å². The van der Waals surface area contributed by atoms with Gasteiger partial charge in [0.15, 0.2) is 5.78 Å². The van der Waals surface area contributed by atoms with E-state index in [-0.39, 0.29) is 5.78 Å². The van der Waals surface area contributed by atoms with Gasteiger partial charge in [0, 0.05) is 5.56 Å². The molecule has 0 saturated carbocycles. The van der Waals surface area contributed by atoms with Crippen LogP contribution in [0.1, 0.15) is 10.4 Å². The molecule has 1 rings (SSSR count). The summed E-state index contributed by atoms with van der Waals surface area (Å²) in [6, 6.07) is 8.87. The Bertz CT molecular complexity index is 426. The quantitative estimate of drug-likeness (QED) is 0.271. The van der Waals surface area contributed by atoms with Crippen LogP contribution in [0, 0.1) is 0 Å². The molecule has 0 atom stereocenters. The van der Waals surface area contributed by atoms with E-state index < -0.39 is 0 Å². The molecule has 4 nitrogen and oxygen atoms in total. The van der Waals surface area contributed by atoms with Crippen molar-refractivity contribution in [2.45, 2.75) is 0 Å². The fourth-order valence-corrected chi connectivity index (χ4v) is 1.53. The first kappa shape index (κ1) is 12.3. The molecule has 0 heterocycles. The van der Waals surface area contributed by atoms with E-state index in [2.05, 4.69) is 5.10 Å². The Morgan fingerprint density at radius 3 is 2.50 bits per heavy atom. The second kappa shape index (κ2) is 5.97. The van der Waals surface area contributed by atoms with Crippen LogP contribution in [0.2, 0.25) is 0 Å². The molecule has 0 aromatic heterocycles. The molecule has 0 aliphatic heterocycles. The third kappa shape index (κ3) is 2.87. The number of allylic oxidation sites excluding steroid dienone is 1. The summed E-state index contributed by atoms with van der Waals surface area (Å²) in [5.74, 6) is 4.88. The van der Waals surface area contributed by atoms with Crippen molar-refractivity contribution in [3.8, 4) is 0 Å². The minimum absolute atomic E-state index is 0.179. The average Bonchev–Trinajstić information content (AvgIpc) is 2.35. The van der Waals surface area contributed by atoms with Gasteiger partial charge in [0.05, 0.1) is 16.8 Å². The normalized spacial score (nSPS) is 12.6. The third-order valence-corrected chi connectivity index (χ3v) is 2.63. The van der Waals surface area contributed by atoms with Gasteiger partial charge >= 0.3 is 0 Å². The second-order valence-corrected chi connectivity index (χ2v) is 3.80. The van der Waals surface area contributed by atoms with Gasteiger partial charge in [-0.1, -0.05) is 30.3 Å². The fourth-order valence-electron chi connectivity index (χ4n) is 1.16. The Balaban J connectivity index is 3.12. The standard InChI is InChI=1S/C11H13N3OS/c1-16-11(12)9(7-14-13)10(15)8-5-3-2-4-6-8/h2-7H,12-13H2,1H3/b11-9+,14-7-. The number of carbonyl (C=O) groups is 1. The van der Waals surface area contributed by atoms with Crippen LogP contribution in [0.5, 0.6) is 0 Å². The van der Waals surface area contributed by atoms with E-state index >= 15 is 0 Å². The fraction of sp³-hybridized carbons (Fsp3) is 0.0909. The molecule has 1 aromatic carbocycles. The lowest BCUT2D eigenvalue weighted by molar-refractivity contribution is 0.104. The number of hydrogen-bond donors (Lipinski definition) is 2. The van der Waals surface area contributed by atoms with E-state index in [4.69, 9.17) is 11.6 Å². The van der Waals surface area contributed by atoms with Crippen LogP contribution in [-0.4, -0.2) is 18.3 Å². The molecule has 0 saturated heterocycles. The molecule has 0 amide bonds. The molecule has 16 heavy (non-hydrogen) atoms. The molecule has 0 spiro atoms. The highest BCUT2D eigenvalue weighted by molar-refractivity contribution is 8.02. The van der Waals surface area contributed by atoms with Gasteiger partial charge in [0.1, 0.15) is 0 Å². The summed E-state index contributed by atoms with van der Waals surface area (Å²) < 4.78 is 0. The van der Waals surface area contributed by atoms with Crippen LogP contribution in [0.4, 0.5) is 0 Å². The SMILES string of the molecule is CS/C(N)=C(\C=N/N)C(=O)c1ccccc1. The number of carbonyl (C=O) groups excluding carboxylic acids is 1. The van der Waals surface area contributed by atoms with Gasteiger partial charge in [0.2, 0.25) is 0 Å². The number of benzene rings is 1. The van der Waals surface area contributed by atoms with Gasteiger partial charge < -0.3 is 11.6 Å². The molecule has 4 N–H and O–H groups in total. The van der Waals surface area contributed by atoms with E-state index in [0.717, 1.165) is 0 Å². The van der Waals surface area contributed by atoms with Crippen molar-refractivity contribution in [2.24, 2.45) is 16.7 Å². The lowest BCUT2D eigenvalue weighted by Crippen LogP contribution is -2.11. The molecule has 5 heteroatoms. The van der Waals surface area contributed by atoms with Gasteiger partial charge in [-0.25, -0.2) is 0 Å². The predicted octanol–water partition coefficient (Wildman–Crippen LogP) is 1.35. The number of rotatable bonds is 4. The van der Waals surface area contributed by atoms with E-state index in [9.17, 15) is 4.79 Å². The largest absolute Gasteiger partial charge is 0.393 e. The van der Waals surface area contributed by atoms with Crippen molar-refractivity contribution < 1.29 is 4.79 Å². The first-order chi connectivity index (χ1) is 7.70. The molecule has 0 bridgehead atoms. The van der Waals surface area contributed by atoms with Crippen LogP contribution in [0.3, 0.4) is 0 Å². The number of ketones is 1. The molecular formula is C11H13N3OS. The number of thioether (sulfide) groups is 1. The maximum atomic E-state index is 12.0. The smallest absolute Gasteiger partial charge is 0.197 e. The van der Waals surface area contributed by atoms with Gasteiger partial charge in [-0.05, 0) is 6.26 Å². The summed E-state index contributed by atoms with van der Waals surface area (Å²) in [6.07, 6.45) is 3.07. The van der Waals surface area contributed by atoms with Crippen molar-refractivity contribution in [2.75, 3.05) is 6.26 Å². The highest BCUT2D eigenvalue weighted by Crippen LogP contribution is 2.14. The van der Waals surface area contributed by atoms with Gasteiger partial charge in [-0.2, -0.15) is 5.10 Å². The summed E-state index contributed by atoms with van der Waals surface area (Å²) in [7, 11) is 0. The summed E-state index contributed by atoms with van der Waals surface area (Å²) >= 11 is 1.29. The zero-order valence-corrected chi connectivity index (χ0v) is 9.70. The molecule has 1 aromatic rings. The lowest BCUT2D eigenvalue weighted by Gasteiger charge is -2.04. The average molecular weight is 235 g/mol. The molecule has 0 aliphatic carbocycles. The van der Waals surface area contributed by atoms with Gasteiger partial charge in [-0.3, -0.25) is 4.79 Å².